The first-order valence-electron chi connectivity index (χ1n) is 8.59. The van der Waals surface area contributed by atoms with Crippen molar-refractivity contribution in [2.24, 2.45) is 5.92 Å². The molecule has 0 saturated carbocycles. The molecule has 1 amide bonds. The minimum Gasteiger partial charge on any atom is -0.465 e. The van der Waals surface area contributed by atoms with Gasteiger partial charge in [-0.25, -0.2) is 9.37 Å². The first-order valence-corrected chi connectivity index (χ1v) is 9.47. The number of carbonyl (C=O) groups is 2. The monoisotopic (exact) mass is 369 g/mol. The van der Waals surface area contributed by atoms with E-state index in [0.717, 1.165) is 10.6 Å². The summed E-state index contributed by atoms with van der Waals surface area (Å²) in [5, 5.41) is 0. The molecule has 0 N–H and O–H groups in total. The van der Waals surface area contributed by atoms with Crippen LogP contribution in [0.4, 0.5) is 4.39 Å². The van der Waals surface area contributed by atoms with Crippen LogP contribution in [0.1, 0.15) is 29.8 Å². The topological polar surface area (TPSA) is 62.7 Å². The number of ether oxygens (including phenoxy) is 1. The number of rotatable bonds is 6. The van der Waals surface area contributed by atoms with Crippen molar-refractivity contribution in [2.75, 3.05) is 26.7 Å². The van der Waals surface area contributed by atoms with Crippen LogP contribution in [0.5, 0.6) is 0 Å². The van der Waals surface area contributed by atoms with Crippen molar-refractivity contribution < 1.29 is 18.7 Å². The lowest BCUT2D eigenvalue weighted by molar-refractivity contribution is -0.138. The molecule has 1 aromatic rings. The number of nitrogens with zero attached hydrogens (tertiary/aromatic N) is 3. The Balaban J connectivity index is 1.54. The molecular weight excluding hydrogens is 345 g/mol. The number of halogens is 1. The first-order chi connectivity index (χ1) is 11.9. The van der Waals surface area contributed by atoms with Crippen LogP contribution < -0.4 is 0 Å². The van der Waals surface area contributed by atoms with Crippen LogP contribution in [-0.4, -0.2) is 65.6 Å². The number of esters is 1. The molecule has 2 aliphatic heterocycles. The largest absolute Gasteiger partial charge is 0.465 e. The second-order valence-electron chi connectivity index (χ2n) is 7.01. The number of hydrogen-bond acceptors (Lipinski definition) is 6. The number of cyclic esters (lactones) is 1. The third kappa shape index (κ3) is 4.55. The zero-order chi connectivity index (χ0) is 18.0. The van der Waals surface area contributed by atoms with E-state index in [1.54, 1.807) is 23.3 Å². The van der Waals surface area contributed by atoms with E-state index in [1.807, 2.05) is 12.4 Å². The summed E-state index contributed by atoms with van der Waals surface area (Å²) in [5.74, 6) is -0.280. The average molecular weight is 369 g/mol. The number of alkyl halides is 1. The fourth-order valence-electron chi connectivity index (χ4n) is 3.48. The molecule has 138 valence electrons. The molecule has 25 heavy (non-hydrogen) atoms. The Kier molecular flexibility index (Phi) is 5.68. The number of amides is 1. The Bertz CT molecular complexity index is 638. The molecule has 2 saturated heterocycles. The van der Waals surface area contributed by atoms with Gasteiger partial charge >= 0.3 is 5.97 Å². The molecule has 1 aromatic heterocycles. The average Bonchev–Trinajstić information content (AvgIpc) is 3.23. The number of hydrogen-bond donors (Lipinski definition) is 0. The van der Waals surface area contributed by atoms with Gasteiger partial charge in [-0.05, 0) is 13.3 Å². The highest BCUT2D eigenvalue weighted by molar-refractivity contribution is 7.09. The molecule has 8 heteroatoms. The van der Waals surface area contributed by atoms with Gasteiger partial charge in [-0.15, -0.1) is 11.3 Å². The molecule has 2 fully saturated rings. The zero-order valence-electron chi connectivity index (χ0n) is 14.6. The van der Waals surface area contributed by atoms with Crippen molar-refractivity contribution in [2.45, 2.75) is 44.9 Å². The van der Waals surface area contributed by atoms with Crippen molar-refractivity contribution in [1.82, 2.24) is 14.8 Å². The van der Waals surface area contributed by atoms with Gasteiger partial charge in [-0.2, -0.15) is 0 Å². The number of aryl methyl sites for hydroxylation is 1. The maximum Gasteiger partial charge on any atom is 0.306 e. The van der Waals surface area contributed by atoms with E-state index in [1.165, 1.54) is 0 Å². The van der Waals surface area contributed by atoms with Gasteiger partial charge in [0.1, 0.15) is 6.17 Å². The molecule has 0 aromatic carbocycles. The van der Waals surface area contributed by atoms with Crippen molar-refractivity contribution in [3.63, 3.8) is 0 Å². The predicted octanol–water partition coefficient (Wildman–Crippen LogP) is 1.78. The van der Waals surface area contributed by atoms with Gasteiger partial charge < -0.3 is 9.64 Å². The molecule has 0 spiro atoms. The Hall–Kier alpha value is -1.54. The van der Waals surface area contributed by atoms with E-state index < -0.39 is 6.17 Å². The maximum absolute atomic E-state index is 14.0. The zero-order valence-corrected chi connectivity index (χ0v) is 15.4. The summed E-state index contributed by atoms with van der Waals surface area (Å²) in [6, 6.07) is 0.00640. The number of carbonyl (C=O) groups excluding carboxylic acids is 2. The van der Waals surface area contributed by atoms with E-state index in [9.17, 15) is 14.0 Å². The third-order valence-electron chi connectivity index (χ3n) is 4.98. The Labute approximate surface area is 151 Å². The molecule has 0 bridgehead atoms. The summed E-state index contributed by atoms with van der Waals surface area (Å²) < 4.78 is 18.9. The summed E-state index contributed by atoms with van der Waals surface area (Å²) >= 11 is 1.58. The van der Waals surface area contributed by atoms with E-state index in [2.05, 4.69) is 9.88 Å². The van der Waals surface area contributed by atoms with Gasteiger partial charge in [0.2, 0.25) is 5.91 Å². The SMILES string of the molecule is Cc1ncsc1CN1C[C@@H](F)C[C@H]1CN(C)C(=O)CC1COC(=O)C1. The van der Waals surface area contributed by atoms with Crippen LogP contribution in [0, 0.1) is 12.8 Å². The summed E-state index contributed by atoms with van der Waals surface area (Å²) in [5.41, 5.74) is 2.80. The van der Waals surface area contributed by atoms with Crippen molar-refractivity contribution in [3.8, 4) is 0 Å². The van der Waals surface area contributed by atoms with E-state index in [-0.39, 0.29) is 23.8 Å². The highest BCUT2D eigenvalue weighted by Crippen LogP contribution is 2.26. The first kappa shape index (κ1) is 18.3. The quantitative estimate of drug-likeness (QED) is 0.715. The highest BCUT2D eigenvalue weighted by Gasteiger charge is 2.34. The maximum atomic E-state index is 14.0. The smallest absolute Gasteiger partial charge is 0.306 e. The second kappa shape index (κ2) is 7.78. The van der Waals surface area contributed by atoms with Gasteiger partial charge in [-0.3, -0.25) is 14.5 Å². The van der Waals surface area contributed by atoms with Gasteiger partial charge in [0.25, 0.3) is 0 Å². The Morgan fingerprint density at radius 1 is 1.56 bits per heavy atom. The van der Waals surface area contributed by atoms with Crippen LogP contribution >= 0.6 is 11.3 Å². The minimum atomic E-state index is -0.859. The van der Waals surface area contributed by atoms with Gasteiger partial charge in [0.15, 0.2) is 0 Å². The third-order valence-corrected chi connectivity index (χ3v) is 5.90. The number of likely N-dealkylation sites (tertiary alicyclic amines) is 1. The molecular formula is C17H24FN3O3S. The molecule has 3 rings (SSSR count). The number of thiazole rings is 1. The van der Waals surface area contributed by atoms with Crippen molar-refractivity contribution in [3.05, 3.63) is 16.1 Å². The summed E-state index contributed by atoms with van der Waals surface area (Å²) in [7, 11) is 1.75. The Morgan fingerprint density at radius 2 is 2.36 bits per heavy atom. The van der Waals surface area contributed by atoms with Crippen molar-refractivity contribution >= 4 is 23.2 Å². The van der Waals surface area contributed by atoms with Crippen LogP contribution in [0.25, 0.3) is 0 Å². The normalized spacial score (nSPS) is 26.8. The number of aromatic nitrogens is 1. The highest BCUT2D eigenvalue weighted by atomic mass is 32.1. The fraction of sp³-hybridized carbons (Fsp3) is 0.706. The molecule has 2 aliphatic rings. The van der Waals surface area contributed by atoms with Crippen LogP contribution in [-0.2, 0) is 20.9 Å². The summed E-state index contributed by atoms with van der Waals surface area (Å²) in [4.78, 5) is 32.7. The van der Waals surface area contributed by atoms with Crippen LogP contribution in [0.3, 0.4) is 0 Å². The predicted molar refractivity (Wildman–Crippen MR) is 91.9 cm³/mol. The fourth-order valence-corrected chi connectivity index (χ4v) is 4.29. The summed E-state index contributed by atoms with van der Waals surface area (Å²) in [6.07, 6.45) is 0.206. The summed E-state index contributed by atoms with van der Waals surface area (Å²) in [6.45, 7) is 3.86. The molecule has 0 aliphatic carbocycles. The van der Waals surface area contributed by atoms with Gasteiger partial charge in [0.05, 0.1) is 24.2 Å². The standard InChI is InChI=1S/C17H24FN3O3S/c1-11-15(25-10-19-11)8-21-6-13(18)5-14(21)7-20(2)16(22)3-12-4-17(23)24-9-12/h10,12-14H,3-9H2,1-2H3/t12?,13-,14-/m0/s1. The number of likely N-dealkylation sites (N-methyl/N-ethyl adjacent to an activating group) is 1. The molecule has 6 nitrogen and oxygen atoms in total. The lowest BCUT2D eigenvalue weighted by Gasteiger charge is -2.28. The Morgan fingerprint density at radius 3 is 3.00 bits per heavy atom. The van der Waals surface area contributed by atoms with Crippen LogP contribution in [0.15, 0.2) is 5.51 Å². The van der Waals surface area contributed by atoms with Crippen molar-refractivity contribution in [1.29, 1.82) is 0 Å². The lowest BCUT2D eigenvalue weighted by atomic mass is 10.0. The van der Waals surface area contributed by atoms with Crippen LogP contribution in [0.2, 0.25) is 0 Å². The van der Waals surface area contributed by atoms with E-state index in [4.69, 9.17) is 4.74 Å². The second-order valence-corrected chi connectivity index (χ2v) is 7.95. The molecule has 3 atom stereocenters. The van der Waals surface area contributed by atoms with Gasteiger partial charge in [0, 0.05) is 49.9 Å². The molecule has 0 radical (unpaired) electrons. The lowest BCUT2D eigenvalue weighted by Crippen LogP contribution is -2.41. The van der Waals surface area contributed by atoms with E-state index in [0.29, 0.717) is 45.5 Å². The minimum absolute atomic E-state index is 0.00640. The molecule has 3 heterocycles. The molecule has 1 unspecified atom stereocenters. The van der Waals surface area contributed by atoms with E-state index >= 15 is 0 Å². The van der Waals surface area contributed by atoms with Gasteiger partial charge in [-0.1, -0.05) is 0 Å².